The van der Waals surface area contributed by atoms with Gasteiger partial charge in [0, 0.05) is 25.2 Å². The van der Waals surface area contributed by atoms with Crippen molar-refractivity contribution in [3.63, 3.8) is 0 Å². The van der Waals surface area contributed by atoms with Gasteiger partial charge in [0.2, 0.25) is 0 Å². The van der Waals surface area contributed by atoms with E-state index >= 15 is 0 Å². The molecule has 0 radical (unpaired) electrons. The maximum atomic E-state index is 13.4. The molecule has 5 nitrogen and oxygen atoms in total. The van der Waals surface area contributed by atoms with Crippen LogP contribution in [-0.4, -0.2) is 40.6 Å². The van der Waals surface area contributed by atoms with Crippen LogP contribution in [0.4, 0.5) is 13.2 Å². The number of H-pyrrole nitrogens is 1. The van der Waals surface area contributed by atoms with E-state index in [9.17, 15) is 18.0 Å². The van der Waals surface area contributed by atoms with Gasteiger partial charge in [-0.3, -0.25) is 9.89 Å². The Morgan fingerprint density at radius 3 is 2.53 bits per heavy atom. The van der Waals surface area contributed by atoms with E-state index in [-0.39, 0.29) is 36.1 Å². The smallest absolute Gasteiger partial charge is 0.337 e. The lowest BCUT2D eigenvalue weighted by Gasteiger charge is -2.21. The van der Waals surface area contributed by atoms with Gasteiger partial charge in [0.05, 0.1) is 11.3 Å². The number of benzene rings is 1. The number of aromatic nitrogens is 2. The number of carbonyl (C=O) groups excluding carboxylic acids is 1. The summed E-state index contributed by atoms with van der Waals surface area (Å²) in [6, 6.07) is 5.92. The highest BCUT2D eigenvalue weighted by atomic mass is 35.5. The van der Waals surface area contributed by atoms with Crippen molar-refractivity contribution in [3.05, 3.63) is 52.3 Å². The first-order chi connectivity index (χ1) is 13.9. The van der Waals surface area contributed by atoms with Gasteiger partial charge in [-0.15, -0.1) is 12.4 Å². The second kappa shape index (κ2) is 7.89. The first-order valence-corrected chi connectivity index (χ1v) is 10.1. The van der Waals surface area contributed by atoms with Crippen LogP contribution in [0.25, 0.3) is 0 Å². The van der Waals surface area contributed by atoms with E-state index in [1.807, 2.05) is 4.90 Å². The molecule has 162 valence electrons. The predicted molar refractivity (Wildman–Crippen MR) is 108 cm³/mol. The van der Waals surface area contributed by atoms with Crippen molar-refractivity contribution in [2.75, 3.05) is 19.6 Å². The summed E-state index contributed by atoms with van der Waals surface area (Å²) in [6.45, 7) is 2.74. The van der Waals surface area contributed by atoms with Crippen LogP contribution in [0.5, 0.6) is 0 Å². The summed E-state index contributed by atoms with van der Waals surface area (Å²) in [5, 5.41) is 10.5. The minimum atomic E-state index is -4.33. The zero-order chi connectivity index (χ0) is 20.2. The van der Waals surface area contributed by atoms with Crippen LogP contribution in [0.1, 0.15) is 51.6 Å². The monoisotopic (exact) mass is 440 g/mol. The standard InChI is InChI=1S/C21H23F3N4O.ClH/c22-21(23,24)17-4-2-1-3-15(17)12-7-13-10-28(11-14(13)8-12)20(29)19-16-5-6-25-9-18(16)26-27-19;/h1-4,12-14,25H,5-11H2,(H,26,27);1H/t12-,13+,14-;. The Kier molecular flexibility index (Phi) is 5.57. The number of nitrogens with zero attached hydrogens (tertiary/aromatic N) is 2. The third-order valence-electron chi connectivity index (χ3n) is 6.75. The summed E-state index contributed by atoms with van der Waals surface area (Å²) >= 11 is 0. The Bertz CT molecular complexity index is 931. The minimum absolute atomic E-state index is 0. The maximum Gasteiger partial charge on any atom is 0.416 e. The summed E-state index contributed by atoms with van der Waals surface area (Å²) in [7, 11) is 0. The molecule has 1 saturated carbocycles. The van der Waals surface area contributed by atoms with Crippen LogP contribution in [-0.2, 0) is 19.1 Å². The number of hydrogen-bond acceptors (Lipinski definition) is 3. The molecule has 2 aliphatic heterocycles. The molecule has 30 heavy (non-hydrogen) atoms. The Morgan fingerprint density at radius 2 is 1.83 bits per heavy atom. The van der Waals surface area contributed by atoms with Gasteiger partial charge in [-0.2, -0.15) is 18.3 Å². The Labute approximate surface area is 178 Å². The van der Waals surface area contributed by atoms with Crippen LogP contribution in [0.3, 0.4) is 0 Å². The summed E-state index contributed by atoms with van der Waals surface area (Å²) in [5.74, 6) is 0.360. The van der Waals surface area contributed by atoms with E-state index in [1.165, 1.54) is 12.1 Å². The average Bonchev–Trinajstić information content (AvgIpc) is 3.39. The Morgan fingerprint density at radius 1 is 1.13 bits per heavy atom. The highest BCUT2D eigenvalue weighted by Gasteiger charge is 2.45. The molecule has 2 aromatic rings. The lowest BCUT2D eigenvalue weighted by molar-refractivity contribution is -0.138. The molecule has 3 heterocycles. The van der Waals surface area contributed by atoms with E-state index in [1.54, 1.807) is 12.1 Å². The second-order valence-corrected chi connectivity index (χ2v) is 8.44. The number of nitrogens with one attached hydrogen (secondary N) is 2. The lowest BCUT2D eigenvalue weighted by atomic mass is 9.91. The maximum absolute atomic E-state index is 13.4. The van der Waals surface area contributed by atoms with Crippen molar-refractivity contribution in [2.45, 2.75) is 37.9 Å². The van der Waals surface area contributed by atoms with E-state index in [0.29, 0.717) is 43.7 Å². The number of hydrogen-bond donors (Lipinski definition) is 2. The largest absolute Gasteiger partial charge is 0.416 e. The Balaban J connectivity index is 0.00000218. The molecule has 5 rings (SSSR count). The van der Waals surface area contributed by atoms with E-state index in [4.69, 9.17) is 0 Å². The van der Waals surface area contributed by atoms with Gasteiger partial charge in [-0.05, 0) is 55.2 Å². The van der Waals surface area contributed by atoms with Crippen LogP contribution in [0.2, 0.25) is 0 Å². The van der Waals surface area contributed by atoms with Crippen LogP contribution in [0, 0.1) is 11.8 Å². The van der Waals surface area contributed by atoms with Gasteiger partial charge in [0.25, 0.3) is 5.91 Å². The van der Waals surface area contributed by atoms with Gasteiger partial charge in [-0.25, -0.2) is 0 Å². The molecule has 1 saturated heterocycles. The summed E-state index contributed by atoms with van der Waals surface area (Å²) in [5.41, 5.74) is 2.38. The quantitative estimate of drug-likeness (QED) is 0.747. The SMILES string of the molecule is Cl.O=C(c1n[nH]c2c1CCNC2)N1C[C@H]2C[C@H](c3ccccc3C(F)(F)F)C[C@H]2C1. The fraction of sp³-hybridized carbons (Fsp3) is 0.524. The predicted octanol–water partition coefficient (Wildman–Crippen LogP) is 3.76. The van der Waals surface area contributed by atoms with Crippen molar-refractivity contribution >= 4 is 18.3 Å². The zero-order valence-electron chi connectivity index (χ0n) is 16.3. The molecule has 1 amide bonds. The third kappa shape index (κ3) is 3.60. The molecule has 3 atom stereocenters. The first-order valence-electron chi connectivity index (χ1n) is 10.1. The highest BCUT2D eigenvalue weighted by Crippen LogP contribution is 2.49. The molecule has 1 aliphatic carbocycles. The fourth-order valence-corrected chi connectivity index (χ4v) is 5.40. The number of fused-ring (bicyclic) bond motifs is 2. The van der Waals surface area contributed by atoms with Crippen molar-refractivity contribution in [1.29, 1.82) is 0 Å². The summed E-state index contributed by atoms with van der Waals surface area (Å²) < 4.78 is 40.2. The Hall–Kier alpha value is -2.06. The van der Waals surface area contributed by atoms with Crippen LogP contribution < -0.4 is 5.32 Å². The molecular weight excluding hydrogens is 417 g/mol. The first kappa shape index (κ1) is 21.2. The van der Waals surface area contributed by atoms with Crippen LogP contribution in [0.15, 0.2) is 24.3 Å². The number of likely N-dealkylation sites (tertiary alicyclic amines) is 1. The number of alkyl halides is 3. The van der Waals surface area contributed by atoms with Gasteiger partial charge in [-0.1, -0.05) is 18.2 Å². The highest BCUT2D eigenvalue weighted by molar-refractivity contribution is 5.94. The van der Waals surface area contributed by atoms with E-state index in [0.717, 1.165) is 24.2 Å². The minimum Gasteiger partial charge on any atom is -0.337 e. The molecule has 3 aliphatic rings. The molecule has 1 aromatic carbocycles. The molecule has 1 aromatic heterocycles. The number of amides is 1. The summed E-state index contributed by atoms with van der Waals surface area (Å²) in [6.07, 6.45) is -2.15. The van der Waals surface area contributed by atoms with Crippen LogP contribution >= 0.6 is 12.4 Å². The normalized spacial score (nSPS) is 25.6. The number of aromatic amines is 1. The van der Waals surface area contributed by atoms with Crippen molar-refractivity contribution in [1.82, 2.24) is 20.4 Å². The number of carbonyl (C=O) groups is 1. The van der Waals surface area contributed by atoms with Crippen molar-refractivity contribution in [2.24, 2.45) is 11.8 Å². The average molecular weight is 441 g/mol. The molecule has 0 spiro atoms. The molecule has 0 bridgehead atoms. The summed E-state index contributed by atoms with van der Waals surface area (Å²) in [4.78, 5) is 14.9. The number of rotatable bonds is 2. The zero-order valence-corrected chi connectivity index (χ0v) is 17.2. The topological polar surface area (TPSA) is 61.0 Å². The molecule has 0 unspecified atom stereocenters. The van der Waals surface area contributed by atoms with Gasteiger partial charge >= 0.3 is 6.18 Å². The second-order valence-electron chi connectivity index (χ2n) is 8.44. The molecule has 2 fully saturated rings. The van der Waals surface area contributed by atoms with E-state index in [2.05, 4.69) is 15.5 Å². The third-order valence-corrected chi connectivity index (χ3v) is 6.75. The van der Waals surface area contributed by atoms with Gasteiger partial charge in [0.15, 0.2) is 5.69 Å². The van der Waals surface area contributed by atoms with E-state index < -0.39 is 11.7 Å². The lowest BCUT2D eigenvalue weighted by Crippen LogP contribution is -2.32. The van der Waals surface area contributed by atoms with Gasteiger partial charge < -0.3 is 10.2 Å². The van der Waals surface area contributed by atoms with Gasteiger partial charge in [0.1, 0.15) is 0 Å². The van der Waals surface area contributed by atoms with Crippen molar-refractivity contribution < 1.29 is 18.0 Å². The number of halogens is 4. The molecular formula is C21H24ClF3N4O. The van der Waals surface area contributed by atoms with Crippen molar-refractivity contribution in [3.8, 4) is 0 Å². The fourth-order valence-electron chi connectivity index (χ4n) is 5.40. The molecule has 9 heteroatoms. The molecule has 2 N–H and O–H groups in total.